The van der Waals surface area contributed by atoms with Gasteiger partial charge >= 0.3 is 5.97 Å². The summed E-state index contributed by atoms with van der Waals surface area (Å²) in [7, 11) is 1.43. The molecule has 0 saturated heterocycles. The van der Waals surface area contributed by atoms with Gasteiger partial charge in [-0.25, -0.2) is 13.6 Å². The fourth-order valence-electron chi connectivity index (χ4n) is 2.18. The van der Waals surface area contributed by atoms with E-state index < -0.39 is 35.8 Å². The van der Waals surface area contributed by atoms with Crippen LogP contribution in [0.3, 0.4) is 0 Å². The summed E-state index contributed by atoms with van der Waals surface area (Å²) in [6.45, 7) is 3.76. The van der Waals surface area contributed by atoms with Crippen molar-refractivity contribution in [3.63, 3.8) is 0 Å². The van der Waals surface area contributed by atoms with Gasteiger partial charge in [-0.3, -0.25) is 4.79 Å². The van der Waals surface area contributed by atoms with Crippen LogP contribution < -0.4 is 14.8 Å². The molecular weight excluding hydrogens is 372 g/mol. The van der Waals surface area contributed by atoms with Crippen LogP contribution in [0.25, 0.3) is 0 Å². The number of hydrogen-bond donors (Lipinski definition) is 1. The maximum Gasteiger partial charge on any atom is 0.338 e. The molecule has 0 heterocycles. The van der Waals surface area contributed by atoms with Crippen molar-refractivity contribution in [1.29, 1.82) is 0 Å². The Morgan fingerprint density at radius 2 is 1.75 bits per heavy atom. The van der Waals surface area contributed by atoms with Crippen LogP contribution >= 0.6 is 0 Å². The van der Waals surface area contributed by atoms with E-state index in [-0.39, 0.29) is 5.56 Å². The lowest BCUT2D eigenvalue weighted by atomic mass is 10.2. The Morgan fingerprint density at radius 3 is 2.36 bits per heavy atom. The van der Waals surface area contributed by atoms with Crippen molar-refractivity contribution in [1.82, 2.24) is 0 Å². The molecule has 0 radical (unpaired) electrons. The van der Waals surface area contributed by atoms with Crippen LogP contribution in [0.2, 0.25) is 0 Å². The maximum atomic E-state index is 13.5. The Labute approximate surface area is 161 Å². The van der Waals surface area contributed by atoms with Gasteiger partial charge < -0.3 is 19.5 Å². The normalized spacial score (nSPS) is 10.5. The summed E-state index contributed by atoms with van der Waals surface area (Å²) in [5.74, 6) is -2.40. The number of rotatable bonds is 8. The van der Waals surface area contributed by atoms with Gasteiger partial charge in [-0.15, -0.1) is 0 Å². The molecule has 1 N–H and O–H groups in total. The van der Waals surface area contributed by atoms with Crippen LogP contribution in [-0.4, -0.2) is 32.2 Å². The average Bonchev–Trinajstić information content (AvgIpc) is 2.67. The molecule has 2 aromatic carbocycles. The Hall–Kier alpha value is -3.16. The summed E-state index contributed by atoms with van der Waals surface area (Å²) in [5, 5.41) is 2.03. The first kappa shape index (κ1) is 21.1. The van der Waals surface area contributed by atoms with Crippen LogP contribution in [0.1, 0.15) is 24.2 Å². The number of carbonyl (C=O) groups excluding carboxylic acids is 2. The van der Waals surface area contributed by atoms with E-state index in [2.05, 4.69) is 0 Å². The molecule has 8 heteroatoms. The zero-order valence-electron chi connectivity index (χ0n) is 15.8. The first-order valence-corrected chi connectivity index (χ1v) is 8.53. The van der Waals surface area contributed by atoms with Crippen molar-refractivity contribution in [2.75, 3.05) is 25.6 Å². The van der Waals surface area contributed by atoms with E-state index in [0.717, 1.165) is 12.1 Å². The number of carbonyl (C=O) groups is 2. The lowest BCUT2D eigenvalue weighted by molar-refractivity contribution is -0.119. The number of para-hydroxylation sites is 1. The maximum absolute atomic E-state index is 13.5. The SMILES string of the molecule is COc1cc(C(=O)OCC(=O)Nc2c(F)cccc2F)ccc1OCC(C)C. The van der Waals surface area contributed by atoms with Crippen molar-refractivity contribution in [3.8, 4) is 11.5 Å². The molecule has 0 aliphatic rings. The highest BCUT2D eigenvalue weighted by Gasteiger charge is 2.16. The largest absolute Gasteiger partial charge is 0.493 e. The molecule has 0 bridgehead atoms. The number of esters is 1. The highest BCUT2D eigenvalue weighted by Crippen LogP contribution is 2.28. The number of anilines is 1. The zero-order valence-corrected chi connectivity index (χ0v) is 15.8. The number of hydrogen-bond acceptors (Lipinski definition) is 5. The van der Waals surface area contributed by atoms with E-state index in [4.69, 9.17) is 14.2 Å². The Morgan fingerprint density at radius 1 is 1.07 bits per heavy atom. The van der Waals surface area contributed by atoms with Crippen molar-refractivity contribution in [2.24, 2.45) is 5.92 Å². The van der Waals surface area contributed by atoms with Gasteiger partial charge in [0.1, 0.15) is 17.3 Å². The minimum atomic E-state index is -0.929. The van der Waals surface area contributed by atoms with E-state index in [1.165, 1.54) is 25.3 Å². The Balaban J connectivity index is 1.98. The molecule has 0 aliphatic carbocycles. The molecule has 0 saturated carbocycles. The first-order chi connectivity index (χ1) is 13.3. The van der Waals surface area contributed by atoms with Crippen molar-refractivity contribution >= 4 is 17.6 Å². The van der Waals surface area contributed by atoms with Crippen molar-refractivity contribution < 1.29 is 32.6 Å². The Bertz CT molecular complexity index is 834. The van der Waals surface area contributed by atoms with Crippen molar-refractivity contribution in [2.45, 2.75) is 13.8 Å². The van der Waals surface area contributed by atoms with Gasteiger partial charge in [-0.05, 0) is 36.2 Å². The molecule has 1 amide bonds. The monoisotopic (exact) mass is 393 g/mol. The molecule has 28 heavy (non-hydrogen) atoms. The number of halogens is 2. The van der Waals surface area contributed by atoms with E-state index in [1.54, 1.807) is 6.07 Å². The minimum absolute atomic E-state index is 0.138. The number of amides is 1. The molecule has 0 aromatic heterocycles. The molecule has 0 spiro atoms. The summed E-state index contributed by atoms with van der Waals surface area (Å²) in [6.07, 6.45) is 0. The third kappa shape index (κ3) is 5.67. The van der Waals surface area contributed by atoms with Crippen LogP contribution in [0.4, 0.5) is 14.5 Å². The van der Waals surface area contributed by atoms with Crippen LogP contribution in [0.15, 0.2) is 36.4 Å². The fraction of sp³-hybridized carbons (Fsp3) is 0.300. The van der Waals surface area contributed by atoms with Gasteiger partial charge in [0.05, 0.1) is 19.3 Å². The molecule has 0 atom stereocenters. The highest BCUT2D eigenvalue weighted by atomic mass is 19.1. The van der Waals surface area contributed by atoms with Gasteiger partial charge in [0.2, 0.25) is 0 Å². The number of methoxy groups -OCH3 is 1. The van der Waals surface area contributed by atoms with Gasteiger partial charge in [0.15, 0.2) is 18.1 Å². The van der Waals surface area contributed by atoms with Crippen LogP contribution in [0.5, 0.6) is 11.5 Å². The quantitative estimate of drug-likeness (QED) is 0.691. The highest BCUT2D eigenvalue weighted by molar-refractivity contribution is 5.95. The van der Waals surface area contributed by atoms with Gasteiger partial charge in [0.25, 0.3) is 5.91 Å². The molecule has 0 fully saturated rings. The summed E-state index contributed by atoms with van der Waals surface area (Å²) >= 11 is 0. The smallest absolute Gasteiger partial charge is 0.338 e. The first-order valence-electron chi connectivity index (χ1n) is 8.53. The third-order valence-corrected chi connectivity index (χ3v) is 3.53. The average molecular weight is 393 g/mol. The van der Waals surface area contributed by atoms with Crippen LogP contribution in [0, 0.1) is 17.6 Å². The third-order valence-electron chi connectivity index (χ3n) is 3.53. The zero-order chi connectivity index (χ0) is 20.7. The predicted molar refractivity (Wildman–Crippen MR) is 98.6 cm³/mol. The number of ether oxygens (including phenoxy) is 3. The molecule has 150 valence electrons. The summed E-state index contributed by atoms with van der Waals surface area (Å²) in [4.78, 5) is 23.9. The summed E-state index contributed by atoms with van der Waals surface area (Å²) in [5.41, 5.74) is -0.463. The van der Waals surface area contributed by atoms with Gasteiger partial charge in [-0.1, -0.05) is 19.9 Å². The molecule has 0 aliphatic heterocycles. The predicted octanol–water partition coefficient (Wildman–Crippen LogP) is 3.80. The van der Waals surface area contributed by atoms with E-state index >= 15 is 0 Å². The molecule has 2 rings (SSSR count). The lowest BCUT2D eigenvalue weighted by Crippen LogP contribution is -2.22. The molecule has 0 unspecified atom stereocenters. The second kappa shape index (κ2) is 9.68. The lowest BCUT2D eigenvalue weighted by Gasteiger charge is -2.13. The molecule has 2 aromatic rings. The second-order valence-electron chi connectivity index (χ2n) is 6.29. The van der Waals surface area contributed by atoms with E-state index in [0.29, 0.717) is 24.0 Å². The van der Waals surface area contributed by atoms with Crippen molar-refractivity contribution in [3.05, 3.63) is 53.6 Å². The molecular formula is C20H21F2NO5. The second-order valence-corrected chi connectivity index (χ2v) is 6.29. The number of nitrogens with one attached hydrogen (secondary N) is 1. The minimum Gasteiger partial charge on any atom is -0.493 e. The van der Waals surface area contributed by atoms with Gasteiger partial charge in [0, 0.05) is 0 Å². The van der Waals surface area contributed by atoms with Gasteiger partial charge in [-0.2, -0.15) is 0 Å². The standard InChI is InChI=1S/C20H21F2NO5/c1-12(2)10-27-16-8-7-13(9-17(16)26-3)20(25)28-11-18(24)23-19-14(21)5-4-6-15(19)22/h4-9,12H,10-11H2,1-3H3,(H,23,24). The Kier molecular flexibility index (Phi) is 7.31. The summed E-state index contributed by atoms with van der Waals surface area (Å²) in [6, 6.07) is 7.62. The van der Waals surface area contributed by atoms with E-state index in [9.17, 15) is 18.4 Å². The fourth-order valence-corrected chi connectivity index (χ4v) is 2.18. The van der Waals surface area contributed by atoms with E-state index in [1.807, 2.05) is 19.2 Å². The molecule has 6 nitrogen and oxygen atoms in total. The topological polar surface area (TPSA) is 73.9 Å². The summed E-state index contributed by atoms with van der Waals surface area (Å²) < 4.78 is 42.7. The number of benzene rings is 2. The van der Waals surface area contributed by atoms with Crippen LogP contribution in [-0.2, 0) is 9.53 Å².